The highest BCUT2D eigenvalue weighted by Crippen LogP contribution is 2.36. The number of anilines is 1. The van der Waals surface area contributed by atoms with E-state index >= 15 is 0 Å². The third-order valence-corrected chi connectivity index (χ3v) is 7.62. The van der Waals surface area contributed by atoms with Crippen molar-refractivity contribution in [1.82, 2.24) is 10.0 Å². The van der Waals surface area contributed by atoms with Gasteiger partial charge in [-0.05, 0) is 73.1 Å². The summed E-state index contributed by atoms with van der Waals surface area (Å²) in [4.78, 5) is 26.5. The second-order valence-corrected chi connectivity index (χ2v) is 9.86. The van der Waals surface area contributed by atoms with E-state index in [-0.39, 0.29) is 23.6 Å². The molecule has 7 heteroatoms. The van der Waals surface area contributed by atoms with Crippen molar-refractivity contribution in [3.63, 3.8) is 0 Å². The van der Waals surface area contributed by atoms with E-state index in [1.54, 1.807) is 12.1 Å². The van der Waals surface area contributed by atoms with Gasteiger partial charge in [-0.3, -0.25) is 14.3 Å². The maximum absolute atomic E-state index is 13.1. The Morgan fingerprint density at radius 1 is 0.970 bits per heavy atom. The van der Waals surface area contributed by atoms with Gasteiger partial charge >= 0.3 is 0 Å². The third kappa shape index (κ3) is 5.09. The van der Waals surface area contributed by atoms with Gasteiger partial charge in [0, 0.05) is 16.0 Å². The van der Waals surface area contributed by atoms with Crippen LogP contribution in [0.4, 0.5) is 5.69 Å². The van der Waals surface area contributed by atoms with Crippen LogP contribution in [0.25, 0.3) is 11.0 Å². The van der Waals surface area contributed by atoms with Crippen molar-refractivity contribution in [2.75, 3.05) is 11.9 Å². The highest BCUT2D eigenvalue weighted by molar-refractivity contribution is 7.98. The molecule has 1 aromatic heterocycles. The maximum atomic E-state index is 13.1. The van der Waals surface area contributed by atoms with Crippen molar-refractivity contribution in [3.8, 4) is 0 Å². The molecule has 2 fully saturated rings. The van der Waals surface area contributed by atoms with Crippen LogP contribution in [0.15, 0.2) is 63.9 Å². The first kappa shape index (κ1) is 22.0. The van der Waals surface area contributed by atoms with Crippen LogP contribution in [0.2, 0.25) is 0 Å². The summed E-state index contributed by atoms with van der Waals surface area (Å²) in [6, 6.07) is 16.7. The molecule has 1 saturated carbocycles. The predicted octanol–water partition coefficient (Wildman–Crippen LogP) is 5.37. The minimum atomic E-state index is -0.295. The van der Waals surface area contributed by atoms with E-state index in [0.29, 0.717) is 17.4 Å². The third-order valence-electron chi connectivity index (χ3n) is 6.82. The van der Waals surface area contributed by atoms with E-state index in [1.807, 2.05) is 42.5 Å². The molecule has 33 heavy (non-hydrogen) atoms. The summed E-state index contributed by atoms with van der Waals surface area (Å²) >= 11 is 1.25. The van der Waals surface area contributed by atoms with E-state index in [0.717, 1.165) is 28.9 Å². The van der Waals surface area contributed by atoms with Crippen LogP contribution in [-0.4, -0.2) is 24.4 Å². The zero-order valence-corrected chi connectivity index (χ0v) is 19.3. The van der Waals surface area contributed by atoms with Gasteiger partial charge in [-0.25, -0.2) is 0 Å². The second-order valence-electron chi connectivity index (χ2n) is 8.98. The quantitative estimate of drug-likeness (QED) is 0.428. The summed E-state index contributed by atoms with van der Waals surface area (Å²) in [5.74, 6) is 1.04. The Labute approximate surface area is 198 Å². The summed E-state index contributed by atoms with van der Waals surface area (Å²) in [6.07, 6.45) is 7.44. The Hall–Kier alpha value is -2.77. The van der Waals surface area contributed by atoms with Crippen molar-refractivity contribution in [2.45, 2.75) is 49.5 Å². The lowest BCUT2D eigenvalue weighted by atomic mass is 9.76. The Morgan fingerprint density at radius 2 is 1.79 bits per heavy atom. The molecule has 0 radical (unpaired) electrons. The molecule has 2 aromatic carbocycles. The van der Waals surface area contributed by atoms with E-state index in [1.165, 1.54) is 44.1 Å². The summed E-state index contributed by atoms with van der Waals surface area (Å²) in [7, 11) is 0. The van der Waals surface area contributed by atoms with Gasteiger partial charge in [-0.15, -0.1) is 0 Å². The molecule has 1 unspecified atom stereocenters. The van der Waals surface area contributed by atoms with Crippen molar-refractivity contribution in [1.29, 1.82) is 0 Å². The number of benzene rings is 2. The molecule has 2 aliphatic rings. The molecule has 172 valence electrons. The lowest BCUT2D eigenvalue weighted by molar-refractivity contribution is -0.119. The number of rotatable bonds is 6. The van der Waals surface area contributed by atoms with Crippen LogP contribution < -0.4 is 15.4 Å². The summed E-state index contributed by atoms with van der Waals surface area (Å²) in [5.41, 5.74) is 1.33. The number of furan rings is 1. The Morgan fingerprint density at radius 3 is 2.61 bits per heavy atom. The molecular formula is C26H29N3O3S. The smallest absolute Gasteiger partial charge is 0.297 e. The summed E-state index contributed by atoms with van der Waals surface area (Å²) in [5, 5.41) is 7.29. The zero-order valence-electron chi connectivity index (χ0n) is 18.5. The number of amides is 2. The molecule has 3 aromatic rings. The molecule has 3 N–H and O–H groups in total. The van der Waals surface area contributed by atoms with E-state index in [2.05, 4.69) is 15.4 Å². The molecule has 0 bridgehead atoms. The van der Waals surface area contributed by atoms with Crippen molar-refractivity contribution in [2.24, 2.45) is 11.8 Å². The zero-order chi connectivity index (χ0) is 22.6. The largest absolute Gasteiger partial charge is 0.451 e. The van der Waals surface area contributed by atoms with Gasteiger partial charge < -0.3 is 15.1 Å². The predicted molar refractivity (Wildman–Crippen MR) is 131 cm³/mol. The van der Waals surface area contributed by atoms with E-state index in [9.17, 15) is 9.59 Å². The minimum Gasteiger partial charge on any atom is -0.451 e. The highest BCUT2D eigenvalue weighted by atomic mass is 32.2. The number of nitrogens with one attached hydrogen (secondary N) is 3. The molecule has 5 rings (SSSR count). The van der Waals surface area contributed by atoms with Crippen LogP contribution >= 0.6 is 11.9 Å². The normalized spacial score (nSPS) is 21.2. The van der Waals surface area contributed by atoms with Gasteiger partial charge in [0.25, 0.3) is 5.91 Å². The number of carbonyl (C=O) groups excluding carboxylic acids is 2. The molecular weight excluding hydrogens is 434 g/mol. The number of fused-ring (bicyclic) bond motifs is 1. The van der Waals surface area contributed by atoms with Crippen LogP contribution in [0.1, 0.15) is 49.1 Å². The molecule has 1 aliphatic carbocycles. The first-order valence-electron chi connectivity index (χ1n) is 11.8. The molecule has 2 amide bonds. The average molecular weight is 464 g/mol. The van der Waals surface area contributed by atoms with Crippen LogP contribution in [0.3, 0.4) is 0 Å². The molecule has 0 spiro atoms. The fraction of sp³-hybridized carbons (Fsp3) is 0.385. The fourth-order valence-electron chi connectivity index (χ4n) is 5.18. The summed E-state index contributed by atoms with van der Waals surface area (Å²) in [6.45, 7) is 0.902. The van der Waals surface area contributed by atoms with Gasteiger partial charge in [0.2, 0.25) is 5.91 Å². The molecule has 2 atom stereocenters. The average Bonchev–Trinajstić information content (AvgIpc) is 3.51. The fourth-order valence-corrected chi connectivity index (χ4v) is 5.78. The Kier molecular flexibility index (Phi) is 6.69. The van der Waals surface area contributed by atoms with E-state index in [4.69, 9.17) is 4.42 Å². The summed E-state index contributed by atoms with van der Waals surface area (Å²) < 4.78 is 8.53. The molecule has 1 aliphatic heterocycles. The Balaban J connectivity index is 1.23. The number of carbonyl (C=O) groups is 2. The topological polar surface area (TPSA) is 83.4 Å². The van der Waals surface area contributed by atoms with Crippen molar-refractivity contribution >= 4 is 40.4 Å². The first-order chi connectivity index (χ1) is 16.2. The van der Waals surface area contributed by atoms with Gasteiger partial charge in [-0.1, -0.05) is 50.3 Å². The molecule has 6 nitrogen and oxygen atoms in total. The second kappa shape index (κ2) is 10.0. The van der Waals surface area contributed by atoms with Gasteiger partial charge in [-0.2, -0.15) is 0 Å². The standard InChI is InChI=1S/C26H29N3O3S/c30-25(29-33-20-9-5-2-6-10-20)23-16-18-15-19(11-12-22(18)32-23)28-26(31)24-21(13-14-27-24)17-7-3-1-4-8-17/h2,5-6,9-12,15-17,21,24,27H,1,3-4,7-8,13-14H2,(H,28,31)(H,29,30)/t21?,24-/m0/s1. The number of hydrogen-bond acceptors (Lipinski definition) is 5. The lowest BCUT2D eigenvalue weighted by Crippen LogP contribution is -2.42. The maximum Gasteiger partial charge on any atom is 0.297 e. The van der Waals surface area contributed by atoms with Crippen molar-refractivity contribution < 1.29 is 14.0 Å². The SMILES string of the molecule is O=C(NSc1ccccc1)c1cc2cc(NC(=O)[C@H]3NCCC3C3CCCCC3)ccc2o1. The highest BCUT2D eigenvalue weighted by Gasteiger charge is 2.38. The molecule has 1 saturated heterocycles. The van der Waals surface area contributed by atoms with Gasteiger partial charge in [0.05, 0.1) is 6.04 Å². The minimum absolute atomic E-state index is 0.0307. The van der Waals surface area contributed by atoms with E-state index < -0.39 is 0 Å². The van der Waals surface area contributed by atoms with Crippen molar-refractivity contribution in [3.05, 3.63) is 60.4 Å². The van der Waals surface area contributed by atoms with Crippen LogP contribution in [-0.2, 0) is 4.79 Å². The van der Waals surface area contributed by atoms with Crippen LogP contribution in [0, 0.1) is 11.8 Å². The lowest BCUT2D eigenvalue weighted by Gasteiger charge is -2.30. The van der Waals surface area contributed by atoms with Gasteiger partial charge in [0.1, 0.15) is 5.58 Å². The Bertz CT molecular complexity index is 1120. The van der Waals surface area contributed by atoms with Gasteiger partial charge in [0.15, 0.2) is 5.76 Å². The molecule has 2 heterocycles. The first-order valence-corrected chi connectivity index (χ1v) is 12.6. The monoisotopic (exact) mass is 463 g/mol. The van der Waals surface area contributed by atoms with Crippen LogP contribution in [0.5, 0.6) is 0 Å². The number of hydrogen-bond donors (Lipinski definition) is 3.